The summed E-state index contributed by atoms with van der Waals surface area (Å²) in [5.41, 5.74) is 0.146. The Hall–Kier alpha value is -3.37. The zero-order valence-corrected chi connectivity index (χ0v) is 17.4. The molecular formula is C20H25F2N3O6. The Morgan fingerprint density at radius 2 is 1.65 bits per heavy atom. The Kier molecular flexibility index (Phi) is 10.2. The lowest BCUT2D eigenvalue weighted by Gasteiger charge is -2.22. The van der Waals surface area contributed by atoms with E-state index in [1.165, 1.54) is 12.1 Å². The first kappa shape index (κ1) is 25.7. The van der Waals surface area contributed by atoms with Crippen LogP contribution in [0.2, 0.25) is 0 Å². The minimum absolute atomic E-state index is 0.146. The maximum atomic E-state index is 13.0. The van der Waals surface area contributed by atoms with Crippen LogP contribution in [0.3, 0.4) is 0 Å². The highest BCUT2D eigenvalue weighted by atomic mass is 19.1. The van der Waals surface area contributed by atoms with Gasteiger partial charge in [0.1, 0.15) is 24.6 Å². The number of Topliss-reactive ketones (excluding diaryl/α,β-unsaturated/α-hetero) is 1. The fourth-order valence-corrected chi connectivity index (χ4v) is 2.47. The van der Waals surface area contributed by atoms with E-state index in [0.29, 0.717) is 0 Å². The van der Waals surface area contributed by atoms with Crippen LogP contribution in [0.1, 0.15) is 30.6 Å². The maximum absolute atomic E-state index is 13.0. The van der Waals surface area contributed by atoms with Crippen molar-refractivity contribution in [2.75, 3.05) is 20.3 Å². The van der Waals surface area contributed by atoms with E-state index in [-0.39, 0.29) is 11.5 Å². The molecule has 170 valence electrons. The SMILES string of the molecule is COC(=O)CC(NC(=O)CNC(=O)C(NC(=O)c1ccc(F)cc1)C(C)C)C(=O)CF. The molecule has 0 aliphatic rings. The normalized spacial score (nSPS) is 12.5. The number of nitrogens with one attached hydrogen (secondary N) is 3. The van der Waals surface area contributed by atoms with E-state index < -0.39 is 67.0 Å². The number of carbonyl (C=O) groups is 5. The molecule has 1 aromatic carbocycles. The summed E-state index contributed by atoms with van der Waals surface area (Å²) in [6.07, 6.45) is -0.554. The lowest BCUT2D eigenvalue weighted by atomic mass is 10.0. The molecule has 9 nitrogen and oxygen atoms in total. The molecule has 0 saturated carbocycles. The first-order valence-corrected chi connectivity index (χ1v) is 9.38. The Balaban J connectivity index is 2.69. The van der Waals surface area contributed by atoms with E-state index in [1.54, 1.807) is 13.8 Å². The molecule has 0 aromatic heterocycles. The van der Waals surface area contributed by atoms with Gasteiger partial charge in [-0.15, -0.1) is 0 Å². The monoisotopic (exact) mass is 441 g/mol. The third kappa shape index (κ3) is 8.49. The highest BCUT2D eigenvalue weighted by Gasteiger charge is 2.27. The second kappa shape index (κ2) is 12.4. The fourth-order valence-electron chi connectivity index (χ4n) is 2.47. The molecule has 0 saturated heterocycles. The van der Waals surface area contributed by atoms with Gasteiger partial charge in [0, 0.05) is 5.56 Å². The van der Waals surface area contributed by atoms with E-state index in [0.717, 1.165) is 19.2 Å². The van der Waals surface area contributed by atoms with Crippen LogP contribution in [0, 0.1) is 11.7 Å². The van der Waals surface area contributed by atoms with E-state index in [1.807, 2.05) is 0 Å². The molecule has 0 fully saturated rings. The smallest absolute Gasteiger partial charge is 0.308 e. The van der Waals surface area contributed by atoms with Crippen LogP contribution in [0.25, 0.3) is 0 Å². The largest absolute Gasteiger partial charge is 0.469 e. The van der Waals surface area contributed by atoms with Gasteiger partial charge in [-0.3, -0.25) is 24.0 Å². The van der Waals surface area contributed by atoms with E-state index in [2.05, 4.69) is 20.7 Å². The summed E-state index contributed by atoms with van der Waals surface area (Å²) >= 11 is 0. The molecule has 1 rings (SSSR count). The first-order valence-electron chi connectivity index (χ1n) is 9.38. The summed E-state index contributed by atoms with van der Waals surface area (Å²) in [6, 6.07) is 2.29. The van der Waals surface area contributed by atoms with Crippen molar-refractivity contribution in [3.05, 3.63) is 35.6 Å². The van der Waals surface area contributed by atoms with Gasteiger partial charge in [-0.2, -0.15) is 0 Å². The number of rotatable bonds is 11. The summed E-state index contributed by atoms with van der Waals surface area (Å²) in [4.78, 5) is 59.6. The van der Waals surface area contributed by atoms with Crippen molar-refractivity contribution in [2.24, 2.45) is 5.92 Å². The van der Waals surface area contributed by atoms with Crippen LogP contribution < -0.4 is 16.0 Å². The molecule has 2 unspecified atom stereocenters. The molecular weight excluding hydrogens is 416 g/mol. The Morgan fingerprint density at radius 3 is 2.16 bits per heavy atom. The quantitative estimate of drug-likeness (QED) is 0.423. The lowest BCUT2D eigenvalue weighted by Crippen LogP contribution is -2.52. The van der Waals surface area contributed by atoms with E-state index in [4.69, 9.17) is 0 Å². The molecule has 0 spiro atoms. The van der Waals surface area contributed by atoms with E-state index >= 15 is 0 Å². The number of amides is 3. The maximum Gasteiger partial charge on any atom is 0.308 e. The van der Waals surface area contributed by atoms with Crippen molar-refractivity contribution in [3.63, 3.8) is 0 Å². The highest BCUT2D eigenvalue weighted by molar-refractivity contribution is 5.98. The molecule has 11 heteroatoms. The van der Waals surface area contributed by atoms with E-state index in [9.17, 15) is 32.8 Å². The third-order valence-electron chi connectivity index (χ3n) is 4.22. The number of ketones is 1. The summed E-state index contributed by atoms with van der Waals surface area (Å²) < 4.78 is 30.0. The van der Waals surface area contributed by atoms with Gasteiger partial charge in [-0.05, 0) is 30.2 Å². The van der Waals surface area contributed by atoms with Gasteiger partial charge in [0.05, 0.1) is 20.1 Å². The van der Waals surface area contributed by atoms with Crippen LogP contribution in [-0.2, 0) is 23.9 Å². The molecule has 0 radical (unpaired) electrons. The van der Waals surface area contributed by atoms with Crippen LogP contribution in [0.5, 0.6) is 0 Å². The van der Waals surface area contributed by atoms with Gasteiger partial charge in [0.15, 0.2) is 5.78 Å². The van der Waals surface area contributed by atoms with Crippen molar-refractivity contribution in [2.45, 2.75) is 32.4 Å². The number of methoxy groups -OCH3 is 1. The van der Waals surface area contributed by atoms with Crippen LogP contribution in [-0.4, -0.2) is 61.9 Å². The highest BCUT2D eigenvalue weighted by Crippen LogP contribution is 2.07. The summed E-state index contributed by atoms with van der Waals surface area (Å²) in [7, 11) is 1.08. The molecule has 3 amide bonds. The predicted octanol–water partition coefficient (Wildman–Crippen LogP) is 0.283. The molecule has 0 aliphatic carbocycles. The van der Waals surface area contributed by atoms with Crippen molar-refractivity contribution >= 4 is 29.5 Å². The Labute approximate surface area is 177 Å². The minimum atomic E-state index is -1.43. The van der Waals surface area contributed by atoms with Gasteiger partial charge in [0.2, 0.25) is 11.8 Å². The Morgan fingerprint density at radius 1 is 1.03 bits per heavy atom. The number of esters is 1. The number of hydrogen-bond donors (Lipinski definition) is 3. The summed E-state index contributed by atoms with van der Waals surface area (Å²) in [6.45, 7) is 1.37. The molecule has 31 heavy (non-hydrogen) atoms. The third-order valence-corrected chi connectivity index (χ3v) is 4.22. The zero-order chi connectivity index (χ0) is 23.6. The van der Waals surface area contributed by atoms with Gasteiger partial charge in [0.25, 0.3) is 5.91 Å². The van der Waals surface area contributed by atoms with Gasteiger partial charge >= 0.3 is 5.97 Å². The van der Waals surface area contributed by atoms with Crippen LogP contribution >= 0.6 is 0 Å². The number of alkyl halides is 1. The number of halogens is 2. The molecule has 1 aromatic rings. The van der Waals surface area contributed by atoms with Gasteiger partial charge < -0.3 is 20.7 Å². The molecule has 0 bridgehead atoms. The second-order valence-electron chi connectivity index (χ2n) is 6.92. The predicted molar refractivity (Wildman–Crippen MR) is 105 cm³/mol. The Bertz CT molecular complexity index is 814. The zero-order valence-electron chi connectivity index (χ0n) is 17.4. The summed E-state index contributed by atoms with van der Waals surface area (Å²) in [5.74, 6) is -4.83. The standard InChI is InChI=1S/C20H25F2N3O6/c1-11(2)18(25-19(29)12-4-6-13(22)7-5-12)20(30)23-10-16(27)24-14(15(26)9-21)8-17(28)31-3/h4-7,11,14,18H,8-10H2,1-3H3,(H,23,30)(H,24,27)(H,25,29). The molecule has 3 N–H and O–H groups in total. The van der Waals surface area contributed by atoms with Crippen molar-refractivity contribution in [3.8, 4) is 0 Å². The van der Waals surface area contributed by atoms with Crippen LogP contribution in [0.4, 0.5) is 8.78 Å². The average Bonchev–Trinajstić information content (AvgIpc) is 2.74. The summed E-state index contributed by atoms with van der Waals surface area (Å²) in [5, 5.41) is 6.98. The van der Waals surface area contributed by atoms with Gasteiger partial charge in [-0.1, -0.05) is 13.8 Å². The minimum Gasteiger partial charge on any atom is -0.469 e. The molecule has 2 atom stereocenters. The van der Waals surface area contributed by atoms with Crippen molar-refractivity contribution < 1.29 is 37.5 Å². The molecule has 0 heterocycles. The first-order chi connectivity index (χ1) is 14.6. The second-order valence-corrected chi connectivity index (χ2v) is 6.92. The van der Waals surface area contributed by atoms with Crippen molar-refractivity contribution in [1.82, 2.24) is 16.0 Å². The van der Waals surface area contributed by atoms with Crippen molar-refractivity contribution in [1.29, 1.82) is 0 Å². The topological polar surface area (TPSA) is 131 Å². The average molecular weight is 441 g/mol. The number of hydrogen-bond acceptors (Lipinski definition) is 6. The number of benzene rings is 1. The lowest BCUT2D eigenvalue weighted by molar-refractivity contribution is -0.143. The molecule has 0 aliphatic heterocycles. The number of carbonyl (C=O) groups excluding carboxylic acids is 5. The van der Waals surface area contributed by atoms with Crippen LogP contribution in [0.15, 0.2) is 24.3 Å². The van der Waals surface area contributed by atoms with Gasteiger partial charge in [-0.25, -0.2) is 8.78 Å². The fraction of sp³-hybridized carbons (Fsp3) is 0.450. The number of ether oxygens (including phenoxy) is 1.